The van der Waals surface area contributed by atoms with E-state index >= 15 is 0 Å². The molecule has 3 aromatic rings. The molecule has 25 heavy (non-hydrogen) atoms. The SMILES string of the molecule is O=C(Cc1csc(SCc2ccc(Cl)cc2)n1)NCc1ccccn1. The van der Waals surface area contributed by atoms with Gasteiger partial charge in [0.2, 0.25) is 5.91 Å². The second kappa shape index (κ2) is 8.99. The number of pyridine rings is 1. The third-order valence-corrected chi connectivity index (χ3v) is 5.73. The first-order chi connectivity index (χ1) is 12.2. The van der Waals surface area contributed by atoms with Gasteiger partial charge >= 0.3 is 0 Å². The van der Waals surface area contributed by atoms with Gasteiger partial charge in [-0.2, -0.15) is 0 Å². The summed E-state index contributed by atoms with van der Waals surface area (Å²) in [7, 11) is 0. The van der Waals surface area contributed by atoms with Gasteiger partial charge in [0.05, 0.1) is 24.4 Å². The molecule has 0 saturated heterocycles. The fourth-order valence-electron chi connectivity index (χ4n) is 2.08. The highest BCUT2D eigenvalue weighted by atomic mass is 35.5. The van der Waals surface area contributed by atoms with E-state index in [0.717, 1.165) is 26.5 Å². The Hall–Kier alpha value is -1.89. The summed E-state index contributed by atoms with van der Waals surface area (Å²) in [6.45, 7) is 0.433. The fraction of sp³-hybridized carbons (Fsp3) is 0.167. The van der Waals surface area contributed by atoms with Crippen molar-refractivity contribution in [3.63, 3.8) is 0 Å². The number of thioether (sulfide) groups is 1. The summed E-state index contributed by atoms with van der Waals surface area (Å²) in [5, 5.41) is 5.54. The third kappa shape index (κ3) is 5.85. The van der Waals surface area contributed by atoms with E-state index in [2.05, 4.69) is 15.3 Å². The lowest BCUT2D eigenvalue weighted by Gasteiger charge is -2.03. The van der Waals surface area contributed by atoms with Crippen LogP contribution in [0.1, 0.15) is 17.0 Å². The van der Waals surface area contributed by atoms with Crippen LogP contribution in [0.25, 0.3) is 0 Å². The van der Waals surface area contributed by atoms with Crippen LogP contribution in [-0.2, 0) is 23.5 Å². The monoisotopic (exact) mass is 389 g/mol. The number of thiazole rings is 1. The lowest BCUT2D eigenvalue weighted by molar-refractivity contribution is -0.120. The minimum absolute atomic E-state index is 0.0507. The van der Waals surface area contributed by atoms with Gasteiger partial charge in [0.15, 0.2) is 0 Å². The van der Waals surface area contributed by atoms with Gasteiger partial charge in [0.1, 0.15) is 4.34 Å². The van der Waals surface area contributed by atoms with Crippen LogP contribution < -0.4 is 5.32 Å². The molecule has 0 atom stereocenters. The molecule has 0 radical (unpaired) electrons. The zero-order valence-corrected chi connectivity index (χ0v) is 15.7. The summed E-state index contributed by atoms with van der Waals surface area (Å²) in [4.78, 5) is 20.7. The normalized spacial score (nSPS) is 10.6. The molecule has 0 spiro atoms. The van der Waals surface area contributed by atoms with Crippen molar-refractivity contribution >= 4 is 40.6 Å². The van der Waals surface area contributed by atoms with Gasteiger partial charge in [-0.15, -0.1) is 11.3 Å². The van der Waals surface area contributed by atoms with Gasteiger partial charge in [-0.1, -0.05) is 41.6 Å². The molecule has 0 unspecified atom stereocenters. The van der Waals surface area contributed by atoms with E-state index in [1.807, 2.05) is 47.8 Å². The van der Waals surface area contributed by atoms with E-state index in [0.29, 0.717) is 6.54 Å². The van der Waals surface area contributed by atoms with E-state index in [-0.39, 0.29) is 12.3 Å². The Morgan fingerprint density at radius 2 is 2.00 bits per heavy atom. The van der Waals surface area contributed by atoms with Crippen molar-refractivity contribution in [2.75, 3.05) is 0 Å². The van der Waals surface area contributed by atoms with Crippen molar-refractivity contribution in [3.8, 4) is 0 Å². The maximum atomic E-state index is 12.0. The Bertz CT molecular complexity index is 822. The zero-order chi connectivity index (χ0) is 17.5. The van der Waals surface area contributed by atoms with Crippen molar-refractivity contribution in [2.24, 2.45) is 0 Å². The maximum absolute atomic E-state index is 12.0. The molecule has 128 valence electrons. The van der Waals surface area contributed by atoms with Crippen LogP contribution in [0.5, 0.6) is 0 Å². The number of rotatable bonds is 7. The topological polar surface area (TPSA) is 54.9 Å². The standard InChI is InChI=1S/C18H16ClN3OS2/c19-14-6-4-13(5-7-14)11-24-18-22-16(12-25-18)9-17(23)21-10-15-3-1-2-8-20-15/h1-8,12H,9-11H2,(H,21,23). The largest absolute Gasteiger partial charge is 0.350 e. The number of nitrogens with zero attached hydrogens (tertiary/aromatic N) is 2. The lowest BCUT2D eigenvalue weighted by atomic mass is 10.2. The molecule has 0 fully saturated rings. The Kier molecular flexibility index (Phi) is 6.44. The van der Waals surface area contributed by atoms with E-state index in [1.54, 1.807) is 29.3 Å². The van der Waals surface area contributed by atoms with Crippen molar-refractivity contribution in [1.82, 2.24) is 15.3 Å². The van der Waals surface area contributed by atoms with Crippen LogP contribution in [0.15, 0.2) is 58.4 Å². The molecule has 1 amide bonds. The maximum Gasteiger partial charge on any atom is 0.226 e. The van der Waals surface area contributed by atoms with Crippen molar-refractivity contribution < 1.29 is 4.79 Å². The molecule has 1 N–H and O–H groups in total. The molecule has 7 heteroatoms. The number of hydrogen-bond acceptors (Lipinski definition) is 5. The van der Waals surface area contributed by atoms with Gasteiger partial charge in [-0.25, -0.2) is 4.98 Å². The number of hydrogen-bond donors (Lipinski definition) is 1. The highest BCUT2D eigenvalue weighted by Crippen LogP contribution is 2.26. The number of amides is 1. The second-order valence-electron chi connectivity index (χ2n) is 5.29. The number of halogens is 1. The Morgan fingerprint density at radius 1 is 1.16 bits per heavy atom. The zero-order valence-electron chi connectivity index (χ0n) is 13.3. The first-order valence-corrected chi connectivity index (χ1v) is 9.91. The minimum atomic E-state index is -0.0507. The molecule has 1 aromatic carbocycles. The Labute approximate surface area is 159 Å². The number of nitrogens with one attached hydrogen (secondary N) is 1. The summed E-state index contributed by atoms with van der Waals surface area (Å²) in [6.07, 6.45) is 2.00. The van der Waals surface area contributed by atoms with Crippen molar-refractivity contribution in [2.45, 2.75) is 23.1 Å². The number of carbonyl (C=O) groups is 1. The average Bonchev–Trinajstić information content (AvgIpc) is 3.08. The fourth-order valence-corrected chi connectivity index (χ4v) is 4.01. The van der Waals surface area contributed by atoms with Crippen LogP contribution in [0.4, 0.5) is 0 Å². The minimum Gasteiger partial charge on any atom is -0.350 e. The molecule has 3 rings (SSSR count). The first kappa shape index (κ1) is 17.9. The van der Waals surface area contributed by atoms with E-state index in [9.17, 15) is 4.79 Å². The van der Waals surface area contributed by atoms with E-state index in [1.165, 1.54) is 5.56 Å². The molecule has 0 aliphatic heterocycles. The molecule has 0 bridgehead atoms. The molecule has 4 nitrogen and oxygen atoms in total. The molecular weight excluding hydrogens is 374 g/mol. The van der Waals surface area contributed by atoms with Crippen LogP contribution >= 0.6 is 34.7 Å². The van der Waals surface area contributed by atoms with Gasteiger partial charge in [0, 0.05) is 22.4 Å². The van der Waals surface area contributed by atoms with Gasteiger partial charge in [-0.05, 0) is 29.8 Å². The van der Waals surface area contributed by atoms with Crippen molar-refractivity contribution in [3.05, 3.63) is 76.0 Å². The van der Waals surface area contributed by atoms with Crippen LogP contribution in [0.2, 0.25) is 5.02 Å². The highest BCUT2D eigenvalue weighted by molar-refractivity contribution is 8.00. The third-order valence-electron chi connectivity index (χ3n) is 3.34. The van der Waals surface area contributed by atoms with Crippen LogP contribution in [-0.4, -0.2) is 15.9 Å². The van der Waals surface area contributed by atoms with Crippen LogP contribution in [0, 0.1) is 0 Å². The molecule has 2 aromatic heterocycles. The summed E-state index contributed by atoms with van der Waals surface area (Å²) < 4.78 is 0.961. The molecule has 0 aliphatic carbocycles. The summed E-state index contributed by atoms with van der Waals surface area (Å²) in [6, 6.07) is 13.4. The number of benzene rings is 1. The Morgan fingerprint density at radius 3 is 2.76 bits per heavy atom. The van der Waals surface area contributed by atoms with E-state index in [4.69, 9.17) is 11.6 Å². The van der Waals surface area contributed by atoms with Gasteiger partial charge in [-0.3, -0.25) is 9.78 Å². The highest BCUT2D eigenvalue weighted by Gasteiger charge is 2.08. The quantitative estimate of drug-likeness (QED) is 0.610. The van der Waals surface area contributed by atoms with Crippen molar-refractivity contribution in [1.29, 1.82) is 0 Å². The van der Waals surface area contributed by atoms with Gasteiger partial charge < -0.3 is 5.32 Å². The summed E-state index contributed by atoms with van der Waals surface area (Å²) >= 11 is 9.11. The number of carbonyl (C=O) groups excluding carboxylic acids is 1. The lowest BCUT2D eigenvalue weighted by Crippen LogP contribution is -2.25. The van der Waals surface area contributed by atoms with Gasteiger partial charge in [0.25, 0.3) is 0 Å². The smallest absolute Gasteiger partial charge is 0.226 e. The summed E-state index contributed by atoms with van der Waals surface area (Å²) in [5.41, 5.74) is 2.83. The first-order valence-electron chi connectivity index (χ1n) is 7.67. The second-order valence-corrected chi connectivity index (χ2v) is 7.81. The molecule has 0 aliphatic rings. The Balaban J connectivity index is 1.46. The van der Waals surface area contributed by atoms with E-state index < -0.39 is 0 Å². The average molecular weight is 390 g/mol. The molecule has 0 saturated carbocycles. The predicted octanol–water partition coefficient (Wildman–Crippen LogP) is 4.34. The molecule has 2 heterocycles. The molecular formula is C18H16ClN3OS2. The predicted molar refractivity (Wildman–Crippen MR) is 103 cm³/mol. The van der Waals surface area contributed by atoms with Crippen LogP contribution in [0.3, 0.4) is 0 Å². The number of aromatic nitrogens is 2. The summed E-state index contributed by atoms with van der Waals surface area (Å²) in [5.74, 6) is 0.779.